The van der Waals surface area contributed by atoms with E-state index in [4.69, 9.17) is 0 Å². The van der Waals surface area contributed by atoms with Crippen molar-refractivity contribution in [2.75, 3.05) is 6.54 Å². The fourth-order valence-corrected chi connectivity index (χ4v) is 5.31. The van der Waals surface area contributed by atoms with Crippen LogP contribution in [-0.4, -0.2) is 22.5 Å². The molecule has 0 bridgehead atoms. The molecular formula is C32H56N2. The summed E-state index contributed by atoms with van der Waals surface area (Å²) in [6, 6.07) is 11.0. The van der Waals surface area contributed by atoms with Gasteiger partial charge in [0, 0.05) is 25.5 Å². The minimum Gasteiger partial charge on any atom is -0.356 e. The number of hydrogen-bond donors (Lipinski definition) is 0. The van der Waals surface area contributed by atoms with Crippen LogP contribution in [0, 0.1) is 0 Å². The molecule has 0 spiro atoms. The zero-order valence-corrected chi connectivity index (χ0v) is 22.9. The minimum absolute atomic E-state index is 0.555. The van der Waals surface area contributed by atoms with Crippen molar-refractivity contribution in [1.29, 1.82) is 0 Å². The summed E-state index contributed by atoms with van der Waals surface area (Å²) in [4.78, 5) is 5.21. The number of benzene rings is 1. The zero-order chi connectivity index (χ0) is 24.1. The molecule has 0 amide bonds. The lowest BCUT2D eigenvalue weighted by Crippen LogP contribution is -2.38. The van der Waals surface area contributed by atoms with Crippen molar-refractivity contribution in [2.45, 2.75) is 149 Å². The fraction of sp³-hybridized carbons (Fsp3) is 0.750. The van der Waals surface area contributed by atoms with E-state index in [0.29, 0.717) is 6.17 Å². The molecule has 0 N–H and O–H groups in total. The number of nitrogens with zero attached hydrogens (tertiary/aromatic N) is 2. The predicted molar refractivity (Wildman–Crippen MR) is 151 cm³/mol. The summed E-state index contributed by atoms with van der Waals surface area (Å²) < 4.78 is 0. The molecule has 2 heteroatoms. The highest BCUT2D eigenvalue weighted by molar-refractivity contribution is 5.15. The maximum Gasteiger partial charge on any atom is 0.101 e. The van der Waals surface area contributed by atoms with Crippen molar-refractivity contribution in [3.05, 3.63) is 48.3 Å². The van der Waals surface area contributed by atoms with Gasteiger partial charge in [0.15, 0.2) is 0 Å². The van der Waals surface area contributed by atoms with Gasteiger partial charge in [-0.05, 0) is 24.8 Å². The summed E-state index contributed by atoms with van der Waals surface area (Å²) in [7, 11) is 0. The molecule has 1 unspecified atom stereocenters. The van der Waals surface area contributed by atoms with E-state index in [1.165, 1.54) is 134 Å². The third kappa shape index (κ3) is 12.9. The lowest BCUT2D eigenvalue weighted by Gasteiger charge is -2.33. The second kappa shape index (κ2) is 19.8. The Morgan fingerprint density at radius 1 is 0.529 bits per heavy atom. The van der Waals surface area contributed by atoms with Gasteiger partial charge in [-0.15, -0.1) is 0 Å². The highest BCUT2D eigenvalue weighted by atomic mass is 15.4. The van der Waals surface area contributed by atoms with E-state index < -0.39 is 0 Å². The minimum atomic E-state index is 0.555. The second-order valence-corrected chi connectivity index (χ2v) is 10.6. The van der Waals surface area contributed by atoms with Crippen LogP contribution in [-0.2, 0) is 6.54 Å². The van der Waals surface area contributed by atoms with Gasteiger partial charge < -0.3 is 9.80 Å². The molecule has 2 nitrogen and oxygen atoms in total. The van der Waals surface area contributed by atoms with Crippen LogP contribution in [0.3, 0.4) is 0 Å². The second-order valence-electron chi connectivity index (χ2n) is 10.6. The van der Waals surface area contributed by atoms with Gasteiger partial charge >= 0.3 is 0 Å². The molecule has 34 heavy (non-hydrogen) atoms. The third-order valence-electron chi connectivity index (χ3n) is 7.51. The van der Waals surface area contributed by atoms with Gasteiger partial charge in [0.05, 0.1) is 0 Å². The van der Waals surface area contributed by atoms with Crippen molar-refractivity contribution in [3.63, 3.8) is 0 Å². The molecule has 0 saturated carbocycles. The van der Waals surface area contributed by atoms with Crippen LogP contribution in [0.2, 0.25) is 0 Å². The van der Waals surface area contributed by atoms with Gasteiger partial charge in [-0.3, -0.25) is 0 Å². The summed E-state index contributed by atoms with van der Waals surface area (Å²) in [6.07, 6.45) is 32.0. The molecule has 1 atom stereocenters. The van der Waals surface area contributed by atoms with E-state index in [-0.39, 0.29) is 0 Å². The Balaban J connectivity index is 1.55. The molecular weight excluding hydrogens is 412 g/mol. The number of rotatable bonds is 22. The summed E-state index contributed by atoms with van der Waals surface area (Å²) in [5, 5.41) is 0. The SMILES string of the molecule is CCCCCCCCCCCCCCCCN1C=CN(Cc2ccccc2)C1CCCCCC. The normalized spacial score (nSPS) is 15.5. The molecule has 0 fully saturated rings. The van der Waals surface area contributed by atoms with Crippen LogP contribution in [0.15, 0.2) is 42.7 Å². The number of unbranched alkanes of at least 4 members (excludes halogenated alkanes) is 16. The largest absolute Gasteiger partial charge is 0.356 e. The maximum absolute atomic E-state index is 2.63. The third-order valence-corrected chi connectivity index (χ3v) is 7.51. The first-order chi connectivity index (χ1) is 16.8. The van der Waals surface area contributed by atoms with Crippen LogP contribution in [0.1, 0.15) is 141 Å². The summed E-state index contributed by atoms with van der Waals surface area (Å²) in [5.41, 5.74) is 1.42. The summed E-state index contributed by atoms with van der Waals surface area (Å²) in [5.74, 6) is 0. The maximum atomic E-state index is 2.63. The van der Waals surface area contributed by atoms with Crippen LogP contribution in [0.4, 0.5) is 0 Å². The predicted octanol–water partition coefficient (Wildman–Crippen LogP) is 10.1. The van der Waals surface area contributed by atoms with Crippen LogP contribution < -0.4 is 0 Å². The summed E-state index contributed by atoms with van der Waals surface area (Å²) in [6.45, 7) is 6.86. The molecule has 0 radical (unpaired) electrons. The Labute approximate surface area is 213 Å². The highest BCUT2D eigenvalue weighted by Gasteiger charge is 2.25. The van der Waals surface area contributed by atoms with E-state index >= 15 is 0 Å². The van der Waals surface area contributed by atoms with Gasteiger partial charge in [-0.25, -0.2) is 0 Å². The first-order valence-corrected chi connectivity index (χ1v) is 15.1. The highest BCUT2D eigenvalue weighted by Crippen LogP contribution is 2.24. The topological polar surface area (TPSA) is 6.48 Å². The smallest absolute Gasteiger partial charge is 0.101 e. The van der Waals surface area contributed by atoms with E-state index in [9.17, 15) is 0 Å². The van der Waals surface area contributed by atoms with Crippen molar-refractivity contribution in [2.24, 2.45) is 0 Å². The van der Waals surface area contributed by atoms with Crippen molar-refractivity contribution < 1.29 is 0 Å². The Hall–Kier alpha value is -1.44. The molecule has 194 valence electrons. The molecule has 1 aromatic rings. The summed E-state index contributed by atoms with van der Waals surface area (Å²) >= 11 is 0. The van der Waals surface area contributed by atoms with Gasteiger partial charge in [-0.1, -0.05) is 147 Å². The molecule has 1 aliphatic heterocycles. The Morgan fingerprint density at radius 3 is 1.56 bits per heavy atom. The van der Waals surface area contributed by atoms with Crippen LogP contribution in [0.5, 0.6) is 0 Å². The van der Waals surface area contributed by atoms with E-state index in [0.717, 1.165) is 6.54 Å². The van der Waals surface area contributed by atoms with Crippen molar-refractivity contribution in [3.8, 4) is 0 Å². The van der Waals surface area contributed by atoms with Crippen molar-refractivity contribution in [1.82, 2.24) is 9.80 Å². The lowest BCUT2D eigenvalue weighted by molar-refractivity contribution is 0.132. The standard InChI is InChI=1S/C32H56N2/c1-3-5-7-9-10-11-12-13-14-15-16-17-18-23-27-33-28-29-34(30-31-24-20-19-21-25-31)32(33)26-22-8-6-4-2/h19-21,24-25,28-29,32H,3-18,22-23,26-27,30H2,1-2H3. The zero-order valence-electron chi connectivity index (χ0n) is 22.9. The molecule has 0 saturated heterocycles. The van der Waals surface area contributed by atoms with E-state index in [1.54, 1.807) is 0 Å². The Morgan fingerprint density at radius 2 is 1.00 bits per heavy atom. The van der Waals surface area contributed by atoms with E-state index in [1.807, 2.05) is 0 Å². The molecule has 0 aromatic heterocycles. The molecule has 0 aliphatic carbocycles. The van der Waals surface area contributed by atoms with Gasteiger partial charge in [0.1, 0.15) is 6.17 Å². The monoisotopic (exact) mass is 468 g/mol. The van der Waals surface area contributed by atoms with Gasteiger partial charge in [-0.2, -0.15) is 0 Å². The van der Waals surface area contributed by atoms with Crippen molar-refractivity contribution >= 4 is 0 Å². The fourth-order valence-electron chi connectivity index (χ4n) is 5.31. The first kappa shape index (κ1) is 28.8. The Kier molecular flexibility index (Phi) is 16.8. The average Bonchev–Trinajstić information content (AvgIpc) is 3.23. The quantitative estimate of drug-likeness (QED) is 0.156. The van der Waals surface area contributed by atoms with Gasteiger partial charge in [0.25, 0.3) is 0 Å². The molecule has 1 heterocycles. The lowest BCUT2D eigenvalue weighted by atomic mass is 10.0. The number of hydrogen-bond acceptors (Lipinski definition) is 2. The van der Waals surface area contributed by atoms with Crippen LogP contribution in [0.25, 0.3) is 0 Å². The first-order valence-electron chi connectivity index (χ1n) is 15.1. The average molecular weight is 469 g/mol. The molecule has 1 aromatic carbocycles. The molecule has 2 rings (SSSR count). The Bertz CT molecular complexity index is 596. The van der Waals surface area contributed by atoms with Crippen LogP contribution >= 0.6 is 0 Å². The molecule has 1 aliphatic rings. The van der Waals surface area contributed by atoms with Gasteiger partial charge in [0.2, 0.25) is 0 Å². The van der Waals surface area contributed by atoms with E-state index in [2.05, 4.69) is 66.4 Å².